The summed E-state index contributed by atoms with van der Waals surface area (Å²) in [5, 5.41) is 6.03. The van der Waals surface area contributed by atoms with E-state index in [1.165, 1.54) is 0 Å². The van der Waals surface area contributed by atoms with Gasteiger partial charge >= 0.3 is 6.03 Å². The highest BCUT2D eigenvalue weighted by Crippen LogP contribution is 1.95. The summed E-state index contributed by atoms with van der Waals surface area (Å²) in [6, 6.07) is 0.363. The van der Waals surface area contributed by atoms with Gasteiger partial charge in [-0.15, -0.1) is 12.3 Å². The van der Waals surface area contributed by atoms with Gasteiger partial charge in [-0.2, -0.15) is 0 Å². The van der Waals surface area contributed by atoms with Gasteiger partial charge in [-0.3, -0.25) is 0 Å². The van der Waals surface area contributed by atoms with Crippen molar-refractivity contribution in [3.63, 3.8) is 0 Å². The minimum Gasteiger partial charge on any atom is -0.336 e. The monoisotopic (exact) mass is 195 g/mol. The lowest BCUT2D eigenvalue weighted by atomic mass is 10.2. The maximum atomic E-state index is 11.1. The predicted molar refractivity (Wildman–Crippen MR) is 55.9 cm³/mol. The lowest BCUT2D eigenvalue weighted by Gasteiger charge is -2.16. The Balaban J connectivity index is 2.09. The SMILES string of the molecule is C#CCC(C)NCCN1CCNC1=O. The van der Waals surface area contributed by atoms with Crippen LogP contribution in [-0.2, 0) is 0 Å². The second-order valence-electron chi connectivity index (χ2n) is 3.48. The Kier molecular flexibility index (Phi) is 4.27. The van der Waals surface area contributed by atoms with Crippen LogP contribution in [0.25, 0.3) is 0 Å². The molecule has 1 rings (SSSR count). The Morgan fingerprint density at radius 3 is 3.14 bits per heavy atom. The first-order valence-electron chi connectivity index (χ1n) is 4.93. The average Bonchev–Trinajstić information content (AvgIpc) is 2.52. The van der Waals surface area contributed by atoms with E-state index < -0.39 is 0 Å². The van der Waals surface area contributed by atoms with Crippen LogP contribution in [0.4, 0.5) is 4.79 Å². The first-order valence-corrected chi connectivity index (χ1v) is 4.93. The number of nitrogens with zero attached hydrogens (tertiary/aromatic N) is 1. The van der Waals surface area contributed by atoms with Crippen LogP contribution < -0.4 is 10.6 Å². The molecule has 1 heterocycles. The van der Waals surface area contributed by atoms with Crippen molar-refractivity contribution < 1.29 is 4.79 Å². The van der Waals surface area contributed by atoms with E-state index in [1.54, 1.807) is 4.90 Å². The van der Waals surface area contributed by atoms with Gasteiger partial charge < -0.3 is 15.5 Å². The molecule has 0 aromatic carbocycles. The fraction of sp³-hybridized carbons (Fsp3) is 0.700. The largest absolute Gasteiger partial charge is 0.336 e. The third-order valence-corrected chi connectivity index (χ3v) is 2.24. The van der Waals surface area contributed by atoms with Crippen LogP contribution in [0.1, 0.15) is 13.3 Å². The third-order valence-electron chi connectivity index (χ3n) is 2.24. The van der Waals surface area contributed by atoms with Crippen molar-refractivity contribution in [3.8, 4) is 12.3 Å². The number of carbonyl (C=O) groups excluding carboxylic acids is 1. The molecule has 0 saturated carbocycles. The van der Waals surface area contributed by atoms with Gasteiger partial charge in [0.2, 0.25) is 0 Å². The maximum Gasteiger partial charge on any atom is 0.317 e. The molecule has 4 heteroatoms. The molecule has 0 bridgehead atoms. The van der Waals surface area contributed by atoms with E-state index in [0.717, 1.165) is 32.6 Å². The molecule has 1 unspecified atom stereocenters. The van der Waals surface area contributed by atoms with Crippen molar-refractivity contribution in [1.82, 2.24) is 15.5 Å². The molecule has 0 spiro atoms. The summed E-state index contributed by atoms with van der Waals surface area (Å²) in [4.78, 5) is 12.9. The predicted octanol–water partition coefficient (Wildman–Crippen LogP) is 0.0130. The summed E-state index contributed by atoms with van der Waals surface area (Å²) in [6.07, 6.45) is 5.91. The standard InChI is InChI=1S/C10H17N3O/c1-3-4-9(2)11-5-7-13-8-6-12-10(13)14/h1,9,11H,4-8H2,2H3,(H,12,14). The third kappa shape index (κ3) is 3.27. The van der Waals surface area contributed by atoms with Gasteiger partial charge in [0.05, 0.1) is 0 Å². The minimum absolute atomic E-state index is 0.0383. The molecule has 1 fully saturated rings. The van der Waals surface area contributed by atoms with Gasteiger partial charge in [0, 0.05) is 38.6 Å². The van der Waals surface area contributed by atoms with Crippen molar-refractivity contribution in [1.29, 1.82) is 0 Å². The summed E-state index contributed by atoms with van der Waals surface area (Å²) in [7, 11) is 0. The summed E-state index contributed by atoms with van der Waals surface area (Å²) >= 11 is 0. The van der Waals surface area contributed by atoms with Crippen molar-refractivity contribution in [3.05, 3.63) is 0 Å². The Hall–Kier alpha value is -1.21. The minimum atomic E-state index is 0.0383. The van der Waals surface area contributed by atoms with E-state index in [4.69, 9.17) is 6.42 Å². The molecule has 78 valence electrons. The summed E-state index contributed by atoms with van der Waals surface area (Å²) in [5.41, 5.74) is 0. The zero-order chi connectivity index (χ0) is 10.4. The fourth-order valence-electron chi connectivity index (χ4n) is 1.42. The molecule has 0 aromatic heterocycles. The molecule has 1 atom stereocenters. The number of nitrogens with one attached hydrogen (secondary N) is 2. The number of amides is 2. The molecule has 0 aromatic rings. The smallest absolute Gasteiger partial charge is 0.317 e. The number of hydrogen-bond acceptors (Lipinski definition) is 2. The lowest BCUT2D eigenvalue weighted by molar-refractivity contribution is 0.217. The number of terminal acetylenes is 1. The normalized spacial score (nSPS) is 17.7. The van der Waals surface area contributed by atoms with Crippen LogP contribution in [0.15, 0.2) is 0 Å². The first-order chi connectivity index (χ1) is 6.74. The Labute approximate surface area is 85.0 Å². The molecule has 2 N–H and O–H groups in total. The molecule has 1 aliphatic rings. The molecule has 1 aliphatic heterocycles. The second-order valence-corrected chi connectivity index (χ2v) is 3.48. The van der Waals surface area contributed by atoms with E-state index in [-0.39, 0.29) is 6.03 Å². The zero-order valence-electron chi connectivity index (χ0n) is 8.55. The van der Waals surface area contributed by atoms with Crippen LogP contribution in [0.3, 0.4) is 0 Å². The van der Waals surface area contributed by atoms with Gasteiger partial charge in [-0.1, -0.05) is 0 Å². The van der Waals surface area contributed by atoms with Crippen molar-refractivity contribution in [2.75, 3.05) is 26.2 Å². The van der Waals surface area contributed by atoms with Gasteiger partial charge in [0.15, 0.2) is 0 Å². The van der Waals surface area contributed by atoms with Crippen LogP contribution in [0.5, 0.6) is 0 Å². The van der Waals surface area contributed by atoms with Crippen molar-refractivity contribution in [2.45, 2.75) is 19.4 Å². The van der Waals surface area contributed by atoms with E-state index in [1.807, 2.05) is 6.92 Å². The maximum absolute atomic E-state index is 11.1. The summed E-state index contributed by atoms with van der Waals surface area (Å²) < 4.78 is 0. The molecular formula is C10H17N3O. The van der Waals surface area contributed by atoms with E-state index >= 15 is 0 Å². The van der Waals surface area contributed by atoms with Crippen molar-refractivity contribution in [2.24, 2.45) is 0 Å². The van der Waals surface area contributed by atoms with Crippen LogP contribution in [0.2, 0.25) is 0 Å². The Bertz CT molecular complexity index is 234. The number of urea groups is 1. The highest BCUT2D eigenvalue weighted by Gasteiger charge is 2.18. The topological polar surface area (TPSA) is 44.4 Å². The van der Waals surface area contributed by atoms with Gasteiger partial charge in [0.1, 0.15) is 0 Å². The Morgan fingerprint density at radius 1 is 1.79 bits per heavy atom. The highest BCUT2D eigenvalue weighted by molar-refractivity contribution is 5.76. The van der Waals surface area contributed by atoms with Gasteiger partial charge in [-0.05, 0) is 6.92 Å². The van der Waals surface area contributed by atoms with Crippen LogP contribution >= 0.6 is 0 Å². The first kappa shape index (κ1) is 10.9. The van der Waals surface area contributed by atoms with E-state index in [2.05, 4.69) is 16.6 Å². The highest BCUT2D eigenvalue weighted by atomic mass is 16.2. The van der Waals surface area contributed by atoms with Crippen molar-refractivity contribution >= 4 is 6.03 Å². The molecular weight excluding hydrogens is 178 g/mol. The lowest BCUT2D eigenvalue weighted by Crippen LogP contribution is -2.37. The molecule has 2 amide bonds. The fourth-order valence-corrected chi connectivity index (χ4v) is 1.42. The Morgan fingerprint density at radius 2 is 2.57 bits per heavy atom. The van der Waals surface area contributed by atoms with Crippen LogP contribution in [0, 0.1) is 12.3 Å². The molecule has 1 saturated heterocycles. The zero-order valence-corrected chi connectivity index (χ0v) is 8.55. The average molecular weight is 195 g/mol. The molecule has 0 radical (unpaired) electrons. The second kappa shape index (κ2) is 5.51. The molecule has 4 nitrogen and oxygen atoms in total. The van der Waals surface area contributed by atoms with E-state index in [9.17, 15) is 4.79 Å². The molecule has 0 aliphatic carbocycles. The van der Waals surface area contributed by atoms with Gasteiger partial charge in [-0.25, -0.2) is 4.79 Å². The van der Waals surface area contributed by atoms with Crippen LogP contribution in [-0.4, -0.2) is 43.2 Å². The number of carbonyl (C=O) groups is 1. The van der Waals surface area contributed by atoms with Gasteiger partial charge in [0.25, 0.3) is 0 Å². The quantitative estimate of drug-likeness (QED) is 0.607. The molecule has 14 heavy (non-hydrogen) atoms. The number of rotatable bonds is 5. The summed E-state index contributed by atoms with van der Waals surface area (Å²) in [5.74, 6) is 2.60. The number of hydrogen-bond donors (Lipinski definition) is 2. The summed E-state index contributed by atoms with van der Waals surface area (Å²) in [6.45, 7) is 5.17. The van der Waals surface area contributed by atoms with E-state index in [0.29, 0.717) is 6.04 Å².